The van der Waals surface area contributed by atoms with Gasteiger partial charge in [0.1, 0.15) is 12.3 Å². The van der Waals surface area contributed by atoms with Crippen LogP contribution in [0.4, 0.5) is 4.79 Å². The van der Waals surface area contributed by atoms with E-state index in [1.54, 1.807) is 24.3 Å². The molecule has 1 saturated heterocycles. The monoisotopic (exact) mass is 352 g/mol. The zero-order chi connectivity index (χ0) is 15.4. The fourth-order valence-corrected chi connectivity index (χ4v) is 2.16. The summed E-state index contributed by atoms with van der Waals surface area (Å²) in [7, 11) is 1.52. The summed E-state index contributed by atoms with van der Waals surface area (Å²) < 4.78 is 11.4. The molecule has 1 aromatic carbocycles. The normalized spacial score (nSPS) is 15.6. The highest BCUT2D eigenvalue weighted by molar-refractivity contribution is 9.10. The van der Waals surface area contributed by atoms with E-state index in [1.165, 1.54) is 7.11 Å². The molecule has 110 valence electrons. The standard InChI is InChI=1S/C14H13BrN2O4/c1-3-4-21-12-7-9(15)8(6-11(12)20-2)5-10-13(18)17-14(19)16-10/h3,5-7H,1,4H2,2H3,(H2,16,17,18,19). The lowest BCUT2D eigenvalue weighted by Crippen LogP contribution is -2.22. The molecule has 1 aliphatic heterocycles. The minimum Gasteiger partial charge on any atom is -0.493 e. The smallest absolute Gasteiger partial charge is 0.326 e. The van der Waals surface area contributed by atoms with Gasteiger partial charge in [0.25, 0.3) is 5.91 Å². The number of rotatable bonds is 5. The first-order chi connectivity index (χ1) is 10.0. The van der Waals surface area contributed by atoms with E-state index in [2.05, 4.69) is 33.1 Å². The molecule has 2 rings (SSSR count). The molecule has 1 aliphatic rings. The van der Waals surface area contributed by atoms with E-state index in [0.717, 1.165) is 0 Å². The Morgan fingerprint density at radius 1 is 1.29 bits per heavy atom. The van der Waals surface area contributed by atoms with Gasteiger partial charge in [0, 0.05) is 4.47 Å². The van der Waals surface area contributed by atoms with Crippen LogP contribution in [0.25, 0.3) is 6.08 Å². The van der Waals surface area contributed by atoms with E-state index in [9.17, 15) is 9.59 Å². The lowest BCUT2D eigenvalue weighted by Gasteiger charge is -2.11. The van der Waals surface area contributed by atoms with E-state index < -0.39 is 11.9 Å². The van der Waals surface area contributed by atoms with Crippen LogP contribution in [0.15, 0.2) is 35.0 Å². The number of nitrogens with one attached hydrogen (secondary N) is 2. The van der Waals surface area contributed by atoms with Crippen LogP contribution in [0.2, 0.25) is 0 Å². The highest BCUT2D eigenvalue weighted by Gasteiger charge is 2.23. The zero-order valence-electron chi connectivity index (χ0n) is 11.2. The molecule has 1 aromatic rings. The van der Waals surface area contributed by atoms with Crippen LogP contribution < -0.4 is 20.1 Å². The van der Waals surface area contributed by atoms with Crippen molar-refractivity contribution in [1.82, 2.24) is 10.6 Å². The Balaban J connectivity index is 2.36. The Morgan fingerprint density at radius 2 is 2.05 bits per heavy atom. The SMILES string of the molecule is C=CCOc1cc(Br)c(C=C2NC(=O)NC2=O)cc1OC. The average Bonchev–Trinajstić information content (AvgIpc) is 2.77. The number of urea groups is 1. The zero-order valence-corrected chi connectivity index (χ0v) is 12.8. The number of carbonyl (C=O) groups excluding carboxylic acids is 2. The molecule has 0 unspecified atom stereocenters. The number of hydrogen-bond acceptors (Lipinski definition) is 4. The molecule has 0 spiro atoms. The Hall–Kier alpha value is -2.28. The van der Waals surface area contributed by atoms with Gasteiger partial charge >= 0.3 is 6.03 Å². The molecule has 21 heavy (non-hydrogen) atoms. The van der Waals surface area contributed by atoms with Crippen molar-refractivity contribution in [2.24, 2.45) is 0 Å². The number of halogens is 1. The van der Waals surface area contributed by atoms with Gasteiger partial charge in [0.05, 0.1) is 7.11 Å². The lowest BCUT2D eigenvalue weighted by molar-refractivity contribution is -0.115. The molecule has 0 atom stereocenters. The summed E-state index contributed by atoms with van der Waals surface area (Å²) in [6, 6.07) is 2.89. The van der Waals surface area contributed by atoms with Crippen molar-refractivity contribution >= 4 is 33.9 Å². The fraction of sp³-hybridized carbons (Fsp3) is 0.143. The number of ether oxygens (including phenoxy) is 2. The summed E-state index contributed by atoms with van der Waals surface area (Å²) in [5.74, 6) is 0.584. The molecule has 1 fully saturated rings. The molecule has 3 amide bonds. The van der Waals surface area contributed by atoms with Gasteiger partial charge < -0.3 is 14.8 Å². The van der Waals surface area contributed by atoms with Gasteiger partial charge in [0.15, 0.2) is 11.5 Å². The number of benzene rings is 1. The molecule has 0 saturated carbocycles. The van der Waals surface area contributed by atoms with Crippen LogP contribution in [0, 0.1) is 0 Å². The van der Waals surface area contributed by atoms with Crippen molar-refractivity contribution in [3.05, 3.63) is 40.5 Å². The molecular weight excluding hydrogens is 340 g/mol. The second kappa shape index (κ2) is 6.45. The largest absolute Gasteiger partial charge is 0.493 e. The Morgan fingerprint density at radius 3 is 2.62 bits per heavy atom. The first kappa shape index (κ1) is 15.1. The third-order valence-electron chi connectivity index (χ3n) is 2.66. The Labute approximate surface area is 129 Å². The first-order valence-electron chi connectivity index (χ1n) is 6.00. The minimum absolute atomic E-state index is 0.169. The molecule has 0 radical (unpaired) electrons. The van der Waals surface area contributed by atoms with Gasteiger partial charge in [-0.25, -0.2) is 4.79 Å². The maximum atomic E-state index is 11.5. The molecule has 0 aromatic heterocycles. The maximum Gasteiger partial charge on any atom is 0.326 e. The van der Waals surface area contributed by atoms with E-state index >= 15 is 0 Å². The van der Waals surface area contributed by atoms with Crippen molar-refractivity contribution < 1.29 is 19.1 Å². The maximum absolute atomic E-state index is 11.5. The van der Waals surface area contributed by atoms with Crippen LogP contribution in [-0.2, 0) is 4.79 Å². The van der Waals surface area contributed by atoms with Crippen LogP contribution in [0.3, 0.4) is 0 Å². The fourth-order valence-electron chi connectivity index (χ4n) is 1.72. The van der Waals surface area contributed by atoms with Gasteiger partial charge in [-0.15, -0.1) is 0 Å². The second-order valence-electron chi connectivity index (χ2n) is 4.09. The third-order valence-corrected chi connectivity index (χ3v) is 3.35. The lowest BCUT2D eigenvalue weighted by atomic mass is 10.1. The van der Waals surface area contributed by atoms with Crippen LogP contribution in [-0.4, -0.2) is 25.7 Å². The van der Waals surface area contributed by atoms with E-state index in [0.29, 0.717) is 28.1 Å². The second-order valence-corrected chi connectivity index (χ2v) is 4.94. The van der Waals surface area contributed by atoms with Crippen molar-refractivity contribution in [2.45, 2.75) is 0 Å². The number of carbonyl (C=O) groups is 2. The predicted octanol–water partition coefficient (Wildman–Crippen LogP) is 2.20. The van der Waals surface area contributed by atoms with Gasteiger partial charge in [-0.05, 0) is 23.8 Å². The first-order valence-corrected chi connectivity index (χ1v) is 6.79. The molecule has 7 heteroatoms. The summed E-state index contributed by atoms with van der Waals surface area (Å²) in [4.78, 5) is 22.6. The summed E-state index contributed by atoms with van der Waals surface area (Å²) in [5.41, 5.74) is 0.840. The van der Waals surface area contributed by atoms with Gasteiger partial charge in [-0.1, -0.05) is 28.6 Å². The van der Waals surface area contributed by atoms with E-state index in [4.69, 9.17) is 9.47 Å². The number of hydrogen-bond donors (Lipinski definition) is 2. The van der Waals surface area contributed by atoms with Crippen molar-refractivity contribution in [1.29, 1.82) is 0 Å². The number of amides is 3. The molecule has 0 aliphatic carbocycles. The molecule has 1 heterocycles. The summed E-state index contributed by atoms with van der Waals surface area (Å²) in [5, 5.41) is 4.56. The summed E-state index contributed by atoms with van der Waals surface area (Å²) in [6.07, 6.45) is 3.17. The van der Waals surface area contributed by atoms with Gasteiger partial charge in [-0.2, -0.15) is 0 Å². The quantitative estimate of drug-likeness (QED) is 0.483. The van der Waals surface area contributed by atoms with Gasteiger partial charge in [0.2, 0.25) is 0 Å². The highest BCUT2D eigenvalue weighted by atomic mass is 79.9. The average molecular weight is 353 g/mol. The predicted molar refractivity (Wildman–Crippen MR) is 81.0 cm³/mol. The highest BCUT2D eigenvalue weighted by Crippen LogP contribution is 2.34. The molecule has 0 bridgehead atoms. The third kappa shape index (κ3) is 3.43. The number of imide groups is 1. The van der Waals surface area contributed by atoms with Crippen molar-refractivity contribution in [2.75, 3.05) is 13.7 Å². The topological polar surface area (TPSA) is 76.7 Å². The van der Waals surface area contributed by atoms with Crippen LogP contribution >= 0.6 is 15.9 Å². The van der Waals surface area contributed by atoms with E-state index in [-0.39, 0.29) is 5.70 Å². The van der Waals surface area contributed by atoms with E-state index in [1.807, 2.05) is 0 Å². The van der Waals surface area contributed by atoms with Crippen molar-refractivity contribution in [3.8, 4) is 11.5 Å². The molecule has 6 nitrogen and oxygen atoms in total. The minimum atomic E-state index is -0.541. The van der Waals surface area contributed by atoms with Gasteiger partial charge in [-0.3, -0.25) is 10.1 Å². The Bertz CT molecular complexity index is 640. The number of methoxy groups -OCH3 is 1. The van der Waals surface area contributed by atoms with Crippen molar-refractivity contribution in [3.63, 3.8) is 0 Å². The molecular formula is C14H13BrN2O4. The summed E-state index contributed by atoms with van der Waals surface area (Å²) in [6.45, 7) is 3.93. The molecule has 2 N–H and O–H groups in total. The van der Waals surface area contributed by atoms with Crippen LogP contribution in [0.5, 0.6) is 11.5 Å². The Kier molecular flexibility index (Phi) is 4.64. The van der Waals surface area contributed by atoms with Crippen LogP contribution in [0.1, 0.15) is 5.56 Å². The summed E-state index contributed by atoms with van der Waals surface area (Å²) >= 11 is 3.39.